The predicted octanol–water partition coefficient (Wildman–Crippen LogP) is 3.71. The SMILES string of the molecule is OC1(c2ccc(C(F)(F)F)cc2)C2CCCCC21. The summed E-state index contributed by atoms with van der Waals surface area (Å²) in [6.07, 6.45) is -0.101. The number of benzene rings is 1. The third-order valence-corrected chi connectivity index (χ3v) is 4.46. The summed E-state index contributed by atoms with van der Waals surface area (Å²) in [6.45, 7) is 0. The second-order valence-electron chi connectivity index (χ2n) is 5.40. The molecule has 2 aliphatic carbocycles. The molecule has 1 nitrogen and oxygen atoms in total. The zero-order valence-electron chi connectivity index (χ0n) is 9.87. The Kier molecular flexibility index (Phi) is 2.49. The topological polar surface area (TPSA) is 20.2 Å². The quantitative estimate of drug-likeness (QED) is 0.812. The van der Waals surface area contributed by atoms with Crippen LogP contribution in [0.4, 0.5) is 13.2 Å². The lowest BCUT2D eigenvalue weighted by Gasteiger charge is -2.13. The van der Waals surface area contributed by atoms with Crippen LogP contribution in [0.2, 0.25) is 0 Å². The van der Waals surface area contributed by atoms with Gasteiger partial charge in [0.15, 0.2) is 0 Å². The van der Waals surface area contributed by atoms with E-state index in [4.69, 9.17) is 0 Å². The minimum absolute atomic E-state index is 0.253. The largest absolute Gasteiger partial charge is 0.416 e. The second-order valence-corrected chi connectivity index (χ2v) is 5.40. The minimum atomic E-state index is -4.31. The maximum Gasteiger partial charge on any atom is 0.416 e. The fraction of sp³-hybridized carbons (Fsp3) is 0.571. The van der Waals surface area contributed by atoms with Crippen LogP contribution in [0, 0.1) is 11.8 Å². The van der Waals surface area contributed by atoms with E-state index < -0.39 is 17.3 Å². The van der Waals surface area contributed by atoms with Gasteiger partial charge >= 0.3 is 6.18 Å². The first-order valence-corrected chi connectivity index (χ1v) is 6.34. The van der Waals surface area contributed by atoms with Crippen molar-refractivity contribution in [2.75, 3.05) is 0 Å². The van der Waals surface area contributed by atoms with E-state index in [0.717, 1.165) is 37.8 Å². The molecule has 2 atom stereocenters. The third-order valence-electron chi connectivity index (χ3n) is 4.46. The van der Waals surface area contributed by atoms with Crippen molar-refractivity contribution in [2.24, 2.45) is 11.8 Å². The van der Waals surface area contributed by atoms with E-state index in [-0.39, 0.29) is 11.8 Å². The zero-order valence-corrected chi connectivity index (χ0v) is 9.87. The Bertz CT molecular complexity index is 437. The number of hydrogen-bond donors (Lipinski definition) is 1. The van der Waals surface area contributed by atoms with E-state index in [1.54, 1.807) is 0 Å². The monoisotopic (exact) mass is 256 g/mol. The molecule has 18 heavy (non-hydrogen) atoms. The molecule has 0 aromatic heterocycles. The van der Waals surface area contributed by atoms with Crippen molar-refractivity contribution in [1.29, 1.82) is 0 Å². The number of rotatable bonds is 1. The highest BCUT2D eigenvalue weighted by Crippen LogP contribution is 2.64. The van der Waals surface area contributed by atoms with Gasteiger partial charge in [0.1, 0.15) is 0 Å². The van der Waals surface area contributed by atoms with Crippen LogP contribution in [-0.2, 0) is 11.8 Å². The second kappa shape index (κ2) is 3.73. The van der Waals surface area contributed by atoms with Crippen LogP contribution < -0.4 is 0 Å². The number of fused-ring (bicyclic) bond motifs is 1. The first-order chi connectivity index (χ1) is 8.44. The van der Waals surface area contributed by atoms with Gasteiger partial charge in [-0.25, -0.2) is 0 Å². The van der Waals surface area contributed by atoms with Crippen molar-refractivity contribution in [3.8, 4) is 0 Å². The molecule has 0 spiro atoms. The van der Waals surface area contributed by atoms with E-state index in [1.807, 2.05) is 0 Å². The molecule has 1 aromatic rings. The van der Waals surface area contributed by atoms with Gasteiger partial charge in [0.05, 0.1) is 11.2 Å². The normalized spacial score (nSPS) is 35.1. The number of halogens is 3. The van der Waals surface area contributed by atoms with Gasteiger partial charge in [-0.15, -0.1) is 0 Å². The van der Waals surface area contributed by atoms with E-state index in [1.165, 1.54) is 12.1 Å². The van der Waals surface area contributed by atoms with Crippen molar-refractivity contribution in [3.63, 3.8) is 0 Å². The zero-order chi connectivity index (χ0) is 13.0. The van der Waals surface area contributed by atoms with Crippen LogP contribution in [-0.4, -0.2) is 5.11 Å². The fourth-order valence-electron chi connectivity index (χ4n) is 3.45. The number of hydrogen-bond acceptors (Lipinski definition) is 1. The Hall–Kier alpha value is -1.03. The van der Waals surface area contributed by atoms with E-state index >= 15 is 0 Å². The molecule has 3 rings (SSSR count). The summed E-state index contributed by atoms with van der Waals surface area (Å²) >= 11 is 0. The molecule has 2 aliphatic rings. The van der Waals surface area contributed by atoms with Crippen molar-refractivity contribution in [1.82, 2.24) is 0 Å². The highest BCUT2D eigenvalue weighted by Gasteiger charge is 2.64. The molecular weight excluding hydrogens is 241 g/mol. The van der Waals surface area contributed by atoms with Crippen LogP contribution in [0.25, 0.3) is 0 Å². The van der Waals surface area contributed by atoms with Gasteiger partial charge < -0.3 is 5.11 Å². The van der Waals surface area contributed by atoms with Crippen LogP contribution in [0.1, 0.15) is 36.8 Å². The Balaban J connectivity index is 1.86. The lowest BCUT2D eigenvalue weighted by atomic mass is 10.0. The minimum Gasteiger partial charge on any atom is -0.385 e. The van der Waals surface area contributed by atoms with Crippen LogP contribution >= 0.6 is 0 Å². The summed E-state index contributed by atoms with van der Waals surface area (Å²) in [6, 6.07) is 5.00. The predicted molar refractivity (Wildman–Crippen MR) is 60.8 cm³/mol. The van der Waals surface area contributed by atoms with Crippen LogP contribution in [0.3, 0.4) is 0 Å². The average molecular weight is 256 g/mol. The van der Waals surface area contributed by atoms with Gasteiger partial charge in [-0.05, 0) is 42.4 Å². The van der Waals surface area contributed by atoms with E-state index in [9.17, 15) is 18.3 Å². The first-order valence-electron chi connectivity index (χ1n) is 6.34. The standard InChI is InChI=1S/C14H15F3O/c15-14(16,17)10-7-5-9(6-8-10)13(18)11-3-1-2-4-12(11)13/h5-8,11-12,18H,1-4H2. The summed E-state index contributed by atoms with van der Waals surface area (Å²) in [5, 5.41) is 10.6. The van der Waals surface area contributed by atoms with Crippen LogP contribution in [0.5, 0.6) is 0 Å². The highest BCUT2D eigenvalue weighted by molar-refractivity contribution is 5.35. The first kappa shape index (κ1) is 12.0. The molecule has 0 saturated heterocycles. The third kappa shape index (κ3) is 1.66. The summed E-state index contributed by atoms with van der Waals surface area (Å²) in [4.78, 5) is 0. The van der Waals surface area contributed by atoms with Crippen molar-refractivity contribution in [2.45, 2.75) is 37.5 Å². The Morgan fingerprint density at radius 1 is 1.00 bits per heavy atom. The highest BCUT2D eigenvalue weighted by atomic mass is 19.4. The number of aliphatic hydroxyl groups is 1. The molecule has 2 saturated carbocycles. The van der Waals surface area contributed by atoms with Crippen molar-refractivity contribution >= 4 is 0 Å². The molecule has 2 fully saturated rings. The molecule has 4 heteroatoms. The molecule has 1 aromatic carbocycles. The van der Waals surface area contributed by atoms with Crippen LogP contribution in [0.15, 0.2) is 24.3 Å². The van der Waals surface area contributed by atoms with Gasteiger partial charge in [-0.3, -0.25) is 0 Å². The van der Waals surface area contributed by atoms with Gasteiger partial charge in [0.25, 0.3) is 0 Å². The fourth-order valence-corrected chi connectivity index (χ4v) is 3.45. The Morgan fingerprint density at radius 2 is 1.50 bits per heavy atom. The Labute approximate surface area is 104 Å². The molecule has 0 radical (unpaired) electrons. The maximum absolute atomic E-state index is 12.5. The molecule has 1 N–H and O–H groups in total. The van der Waals surface area contributed by atoms with Gasteiger partial charge in [0.2, 0.25) is 0 Å². The Morgan fingerprint density at radius 3 is 1.94 bits per heavy atom. The summed E-state index contributed by atoms with van der Waals surface area (Å²) in [5.74, 6) is 0.506. The molecular formula is C14H15F3O. The molecule has 2 unspecified atom stereocenters. The average Bonchev–Trinajstić information content (AvgIpc) is 2.97. The lowest BCUT2D eigenvalue weighted by molar-refractivity contribution is -0.137. The summed E-state index contributed by atoms with van der Waals surface area (Å²) in [5.41, 5.74) is -0.869. The van der Waals surface area contributed by atoms with Crippen molar-refractivity contribution < 1.29 is 18.3 Å². The number of alkyl halides is 3. The summed E-state index contributed by atoms with van der Waals surface area (Å²) < 4.78 is 37.4. The molecule has 98 valence electrons. The van der Waals surface area contributed by atoms with Gasteiger partial charge in [-0.2, -0.15) is 13.2 Å². The van der Waals surface area contributed by atoms with Gasteiger partial charge in [0, 0.05) is 0 Å². The summed E-state index contributed by atoms with van der Waals surface area (Å²) in [7, 11) is 0. The van der Waals surface area contributed by atoms with E-state index in [2.05, 4.69) is 0 Å². The van der Waals surface area contributed by atoms with Crippen molar-refractivity contribution in [3.05, 3.63) is 35.4 Å². The molecule has 0 heterocycles. The van der Waals surface area contributed by atoms with Gasteiger partial charge in [-0.1, -0.05) is 25.0 Å². The smallest absolute Gasteiger partial charge is 0.385 e. The molecule has 0 aliphatic heterocycles. The molecule has 0 bridgehead atoms. The maximum atomic E-state index is 12.5. The van der Waals surface area contributed by atoms with E-state index in [0.29, 0.717) is 5.56 Å². The molecule has 0 amide bonds. The lowest BCUT2D eigenvalue weighted by Crippen LogP contribution is -2.11.